The van der Waals surface area contributed by atoms with Crippen LogP contribution in [0.5, 0.6) is 0 Å². The maximum absolute atomic E-state index is 11.7. The molecule has 0 spiro atoms. The van der Waals surface area contributed by atoms with Crippen LogP contribution in [0.25, 0.3) is 0 Å². The number of rotatable bonds is 5. The van der Waals surface area contributed by atoms with Gasteiger partial charge in [-0.25, -0.2) is 4.98 Å². The molecule has 0 unspecified atom stereocenters. The number of benzene rings is 1. The number of thiazole rings is 1. The van der Waals surface area contributed by atoms with Crippen molar-refractivity contribution < 1.29 is 4.79 Å². The fraction of sp³-hybridized carbons (Fsp3) is 0.231. The van der Waals surface area contributed by atoms with Crippen molar-refractivity contribution >= 4 is 22.8 Å². The summed E-state index contributed by atoms with van der Waals surface area (Å²) in [6.45, 7) is 2.29. The number of para-hydroxylation sites is 1. The van der Waals surface area contributed by atoms with Gasteiger partial charge in [0.2, 0.25) is 0 Å². The molecule has 17 heavy (non-hydrogen) atoms. The summed E-state index contributed by atoms with van der Waals surface area (Å²) in [4.78, 5) is 16.0. The second-order valence-corrected chi connectivity index (χ2v) is 4.86. The van der Waals surface area contributed by atoms with Crippen LogP contribution in [-0.2, 0) is 11.2 Å². The van der Waals surface area contributed by atoms with E-state index in [0.717, 1.165) is 16.4 Å². The molecule has 2 aromatic rings. The molecule has 0 saturated carbocycles. The number of aromatic nitrogens is 1. The topological polar surface area (TPSA) is 42.0 Å². The first-order chi connectivity index (χ1) is 8.24. The molecule has 1 heterocycles. The van der Waals surface area contributed by atoms with Crippen molar-refractivity contribution in [3.63, 3.8) is 0 Å². The van der Waals surface area contributed by atoms with Gasteiger partial charge in [0.1, 0.15) is 0 Å². The first-order valence-electron chi connectivity index (χ1n) is 5.45. The van der Waals surface area contributed by atoms with Crippen LogP contribution >= 0.6 is 11.3 Å². The van der Waals surface area contributed by atoms with Gasteiger partial charge >= 0.3 is 0 Å². The largest absolute Gasteiger partial charge is 0.378 e. The van der Waals surface area contributed by atoms with Crippen molar-refractivity contribution in [2.24, 2.45) is 0 Å². The van der Waals surface area contributed by atoms with Crippen LogP contribution in [0.1, 0.15) is 10.7 Å². The SMILES string of the molecule is Cc1nc(CC(=O)CNc2ccccc2)cs1. The minimum atomic E-state index is 0.152. The van der Waals surface area contributed by atoms with Crippen LogP contribution in [0, 0.1) is 6.92 Å². The maximum atomic E-state index is 11.7. The van der Waals surface area contributed by atoms with Crippen molar-refractivity contribution in [1.29, 1.82) is 0 Å². The highest BCUT2D eigenvalue weighted by Gasteiger charge is 2.06. The van der Waals surface area contributed by atoms with Gasteiger partial charge in [0, 0.05) is 11.1 Å². The van der Waals surface area contributed by atoms with Gasteiger partial charge in [0.15, 0.2) is 5.78 Å². The molecular formula is C13H14N2OS. The van der Waals surface area contributed by atoms with Crippen molar-refractivity contribution in [2.75, 3.05) is 11.9 Å². The molecule has 0 atom stereocenters. The van der Waals surface area contributed by atoms with E-state index in [4.69, 9.17) is 0 Å². The highest BCUT2D eigenvalue weighted by molar-refractivity contribution is 7.09. The Hall–Kier alpha value is -1.68. The molecule has 1 N–H and O–H groups in total. The van der Waals surface area contributed by atoms with E-state index < -0.39 is 0 Å². The number of hydrogen-bond donors (Lipinski definition) is 1. The maximum Gasteiger partial charge on any atom is 0.157 e. The zero-order chi connectivity index (χ0) is 12.1. The lowest BCUT2D eigenvalue weighted by molar-refractivity contribution is -0.116. The highest BCUT2D eigenvalue weighted by atomic mass is 32.1. The van der Waals surface area contributed by atoms with Crippen LogP contribution < -0.4 is 5.32 Å². The quantitative estimate of drug-likeness (QED) is 0.882. The third kappa shape index (κ3) is 3.67. The highest BCUT2D eigenvalue weighted by Crippen LogP contribution is 2.09. The zero-order valence-electron chi connectivity index (χ0n) is 9.64. The molecule has 0 bridgehead atoms. The molecule has 4 heteroatoms. The Morgan fingerprint density at radius 2 is 2.12 bits per heavy atom. The Morgan fingerprint density at radius 1 is 1.35 bits per heavy atom. The summed E-state index contributed by atoms with van der Waals surface area (Å²) < 4.78 is 0. The van der Waals surface area contributed by atoms with Crippen molar-refractivity contribution in [1.82, 2.24) is 4.98 Å². The summed E-state index contributed by atoms with van der Waals surface area (Å²) in [5.74, 6) is 0.152. The minimum absolute atomic E-state index is 0.152. The molecule has 0 aliphatic carbocycles. The number of Topliss-reactive ketones (excluding diaryl/α,β-unsaturated/α-hetero) is 1. The Balaban J connectivity index is 1.82. The van der Waals surface area contributed by atoms with Crippen LogP contribution in [0.2, 0.25) is 0 Å². The summed E-state index contributed by atoms with van der Waals surface area (Å²) in [7, 11) is 0. The van der Waals surface area contributed by atoms with E-state index in [9.17, 15) is 4.79 Å². The molecule has 2 rings (SSSR count). The van der Waals surface area contributed by atoms with E-state index in [0.29, 0.717) is 13.0 Å². The molecule has 1 aromatic heterocycles. The van der Waals surface area contributed by atoms with Gasteiger partial charge < -0.3 is 5.32 Å². The van der Waals surface area contributed by atoms with Gasteiger partial charge in [-0.3, -0.25) is 4.79 Å². The number of anilines is 1. The van der Waals surface area contributed by atoms with Crippen LogP contribution in [0.4, 0.5) is 5.69 Å². The molecule has 1 aromatic carbocycles. The normalized spacial score (nSPS) is 10.2. The first-order valence-corrected chi connectivity index (χ1v) is 6.33. The summed E-state index contributed by atoms with van der Waals surface area (Å²) in [6, 6.07) is 9.72. The first kappa shape index (κ1) is 11.8. The molecule has 88 valence electrons. The molecule has 0 saturated heterocycles. The van der Waals surface area contributed by atoms with Gasteiger partial charge in [-0.1, -0.05) is 18.2 Å². The minimum Gasteiger partial charge on any atom is -0.378 e. The number of aryl methyl sites for hydroxylation is 1. The summed E-state index contributed by atoms with van der Waals surface area (Å²) in [5.41, 5.74) is 1.84. The summed E-state index contributed by atoms with van der Waals surface area (Å²) >= 11 is 1.58. The molecule has 0 fully saturated rings. The number of carbonyl (C=O) groups is 1. The van der Waals surface area contributed by atoms with E-state index in [1.54, 1.807) is 11.3 Å². The van der Waals surface area contributed by atoms with Gasteiger partial charge in [-0.15, -0.1) is 11.3 Å². The van der Waals surface area contributed by atoms with E-state index >= 15 is 0 Å². The lowest BCUT2D eigenvalue weighted by atomic mass is 10.2. The molecular weight excluding hydrogens is 232 g/mol. The molecule has 0 aliphatic heterocycles. The Morgan fingerprint density at radius 3 is 2.76 bits per heavy atom. The van der Waals surface area contributed by atoms with Gasteiger partial charge in [-0.05, 0) is 19.1 Å². The number of hydrogen-bond acceptors (Lipinski definition) is 4. The van der Waals surface area contributed by atoms with Crippen LogP contribution in [0.3, 0.4) is 0 Å². The third-order valence-corrected chi connectivity index (χ3v) is 3.13. The number of carbonyl (C=O) groups excluding carboxylic acids is 1. The molecule has 0 amide bonds. The average molecular weight is 246 g/mol. The van der Waals surface area contributed by atoms with E-state index in [1.165, 1.54) is 0 Å². The lowest BCUT2D eigenvalue weighted by Crippen LogP contribution is -2.16. The van der Waals surface area contributed by atoms with Crippen LogP contribution in [-0.4, -0.2) is 17.3 Å². The predicted molar refractivity (Wildman–Crippen MR) is 70.5 cm³/mol. The Labute approximate surface area is 105 Å². The smallest absolute Gasteiger partial charge is 0.157 e. The lowest BCUT2D eigenvalue weighted by Gasteiger charge is -2.04. The second kappa shape index (κ2) is 5.59. The van der Waals surface area contributed by atoms with E-state index in [2.05, 4.69) is 10.3 Å². The summed E-state index contributed by atoms with van der Waals surface area (Å²) in [5, 5.41) is 6.04. The second-order valence-electron chi connectivity index (χ2n) is 3.79. The molecule has 3 nitrogen and oxygen atoms in total. The summed E-state index contributed by atoms with van der Waals surface area (Å²) in [6.07, 6.45) is 0.407. The van der Waals surface area contributed by atoms with Gasteiger partial charge in [0.05, 0.1) is 23.7 Å². The predicted octanol–water partition coefficient (Wildman–Crippen LogP) is 2.68. The van der Waals surface area contributed by atoms with Crippen LogP contribution in [0.15, 0.2) is 35.7 Å². The number of ketones is 1. The van der Waals surface area contributed by atoms with Crippen molar-refractivity contribution in [3.05, 3.63) is 46.4 Å². The molecule has 0 radical (unpaired) electrons. The number of nitrogens with zero attached hydrogens (tertiary/aromatic N) is 1. The standard InChI is InChI=1S/C13H14N2OS/c1-10-15-12(9-17-10)7-13(16)8-14-11-5-3-2-4-6-11/h2-6,9,14H,7-8H2,1H3. The van der Waals surface area contributed by atoms with Gasteiger partial charge in [-0.2, -0.15) is 0 Å². The van der Waals surface area contributed by atoms with E-state index in [-0.39, 0.29) is 5.78 Å². The fourth-order valence-corrected chi connectivity index (χ4v) is 2.12. The Bertz CT molecular complexity index is 493. The zero-order valence-corrected chi connectivity index (χ0v) is 10.5. The van der Waals surface area contributed by atoms with Crippen molar-refractivity contribution in [2.45, 2.75) is 13.3 Å². The van der Waals surface area contributed by atoms with E-state index in [1.807, 2.05) is 42.6 Å². The van der Waals surface area contributed by atoms with Crippen molar-refractivity contribution in [3.8, 4) is 0 Å². The molecule has 0 aliphatic rings. The Kier molecular flexibility index (Phi) is 3.88. The average Bonchev–Trinajstić information content (AvgIpc) is 2.73. The third-order valence-electron chi connectivity index (χ3n) is 2.31. The van der Waals surface area contributed by atoms with Gasteiger partial charge in [0.25, 0.3) is 0 Å². The fourth-order valence-electron chi connectivity index (χ4n) is 1.51. The monoisotopic (exact) mass is 246 g/mol. The number of nitrogens with one attached hydrogen (secondary N) is 1.